The fourth-order valence-corrected chi connectivity index (χ4v) is 5.07. The Labute approximate surface area is 179 Å². The second kappa shape index (κ2) is 8.63. The summed E-state index contributed by atoms with van der Waals surface area (Å²) in [5.74, 6) is 2.48. The van der Waals surface area contributed by atoms with E-state index in [4.69, 9.17) is 4.74 Å². The minimum atomic E-state index is -0.140. The van der Waals surface area contributed by atoms with Gasteiger partial charge in [0.15, 0.2) is 17.6 Å². The Morgan fingerprint density at radius 3 is 2.53 bits per heavy atom. The summed E-state index contributed by atoms with van der Waals surface area (Å²) in [4.78, 5) is 13.1. The van der Waals surface area contributed by atoms with Gasteiger partial charge in [-0.2, -0.15) is 0 Å². The van der Waals surface area contributed by atoms with Crippen molar-refractivity contribution in [2.75, 3.05) is 0 Å². The van der Waals surface area contributed by atoms with E-state index in [1.807, 2.05) is 30.3 Å². The number of imidazole rings is 1. The molecule has 0 spiro atoms. The van der Waals surface area contributed by atoms with Crippen molar-refractivity contribution in [1.29, 1.82) is 0 Å². The lowest BCUT2D eigenvalue weighted by Gasteiger charge is -2.36. The zero-order chi connectivity index (χ0) is 21.3. The lowest BCUT2D eigenvalue weighted by atomic mass is 9.75. The van der Waals surface area contributed by atoms with E-state index in [0.29, 0.717) is 17.8 Å². The molecule has 1 fully saturated rings. The van der Waals surface area contributed by atoms with Crippen molar-refractivity contribution >= 4 is 17.0 Å². The van der Waals surface area contributed by atoms with Crippen LogP contribution in [-0.4, -0.2) is 16.6 Å². The molecule has 1 heterocycles. The maximum atomic E-state index is 13.1. The summed E-state index contributed by atoms with van der Waals surface area (Å²) in [6.07, 6.45) is 3.37. The fourth-order valence-electron chi connectivity index (χ4n) is 5.07. The Bertz CT molecular complexity index is 1020. The molecule has 1 aliphatic rings. The molecule has 4 rings (SSSR count). The molecule has 0 N–H and O–H groups in total. The topological polar surface area (TPSA) is 35.1 Å². The number of fused-ring (bicyclic) bond motifs is 1. The Morgan fingerprint density at radius 1 is 1.10 bits per heavy atom. The van der Waals surface area contributed by atoms with Gasteiger partial charge in [-0.05, 0) is 54.9 Å². The highest BCUT2D eigenvalue weighted by Crippen LogP contribution is 2.35. The summed E-state index contributed by atoms with van der Waals surface area (Å²) < 4.78 is 10.4. The van der Waals surface area contributed by atoms with Crippen LogP contribution in [0.5, 0.6) is 0 Å². The molecule has 0 radical (unpaired) electrons. The standard InChI is InChI=1S/C26H33N2O2/c1-18(2)21-15-14-19(3)16-24(21)30-25(29)17-28-23-13-9-8-12-22(23)27(4)26(28)20-10-6-5-7-11-20/h5-13,18-19,21,24H,14-17H2,1-4H3/q+1/t19-,21-,24-/m1/s1. The highest BCUT2D eigenvalue weighted by atomic mass is 16.5. The van der Waals surface area contributed by atoms with Gasteiger partial charge in [0, 0.05) is 0 Å². The molecule has 0 unspecified atom stereocenters. The van der Waals surface area contributed by atoms with Gasteiger partial charge in [-0.3, -0.25) is 0 Å². The van der Waals surface area contributed by atoms with Gasteiger partial charge in [-0.15, -0.1) is 0 Å². The van der Waals surface area contributed by atoms with Gasteiger partial charge in [-0.1, -0.05) is 57.5 Å². The second-order valence-corrected chi connectivity index (χ2v) is 9.18. The van der Waals surface area contributed by atoms with E-state index < -0.39 is 0 Å². The summed E-state index contributed by atoms with van der Waals surface area (Å²) in [6.45, 7) is 6.98. The van der Waals surface area contributed by atoms with Crippen LogP contribution >= 0.6 is 0 Å². The third-order valence-electron chi connectivity index (χ3n) is 6.67. The van der Waals surface area contributed by atoms with E-state index in [-0.39, 0.29) is 18.6 Å². The molecule has 1 saturated carbocycles. The number of rotatable bonds is 5. The minimum Gasteiger partial charge on any atom is -0.459 e. The number of para-hydroxylation sites is 2. The Hall–Kier alpha value is -2.62. The monoisotopic (exact) mass is 405 g/mol. The Morgan fingerprint density at radius 2 is 1.80 bits per heavy atom. The van der Waals surface area contributed by atoms with E-state index in [1.54, 1.807) is 0 Å². The maximum Gasteiger partial charge on any atom is 0.348 e. The molecule has 1 aliphatic carbocycles. The maximum absolute atomic E-state index is 13.1. The zero-order valence-electron chi connectivity index (χ0n) is 18.5. The molecule has 3 aromatic rings. The molecule has 30 heavy (non-hydrogen) atoms. The van der Waals surface area contributed by atoms with Gasteiger partial charge in [-0.25, -0.2) is 13.9 Å². The number of benzene rings is 2. The number of hydrogen-bond donors (Lipinski definition) is 0. The van der Waals surface area contributed by atoms with E-state index >= 15 is 0 Å². The molecule has 2 aromatic carbocycles. The third-order valence-corrected chi connectivity index (χ3v) is 6.67. The first-order chi connectivity index (χ1) is 14.5. The van der Waals surface area contributed by atoms with Gasteiger partial charge >= 0.3 is 5.97 Å². The molecule has 0 aliphatic heterocycles. The molecule has 4 nitrogen and oxygen atoms in total. The van der Waals surface area contributed by atoms with Crippen molar-refractivity contribution in [2.45, 2.75) is 52.7 Å². The van der Waals surface area contributed by atoms with Gasteiger partial charge in [0.25, 0.3) is 5.82 Å². The second-order valence-electron chi connectivity index (χ2n) is 9.18. The van der Waals surface area contributed by atoms with Crippen LogP contribution in [0, 0.1) is 17.8 Å². The van der Waals surface area contributed by atoms with Crippen LogP contribution in [0.15, 0.2) is 54.6 Å². The van der Waals surface area contributed by atoms with Crippen LogP contribution in [0.3, 0.4) is 0 Å². The lowest BCUT2D eigenvalue weighted by molar-refractivity contribution is -0.634. The smallest absolute Gasteiger partial charge is 0.348 e. The molecular weight excluding hydrogens is 372 g/mol. The number of carbonyl (C=O) groups excluding carboxylic acids is 1. The summed E-state index contributed by atoms with van der Waals surface area (Å²) in [5.41, 5.74) is 3.25. The molecule has 3 atom stereocenters. The average molecular weight is 406 g/mol. The summed E-state index contributed by atoms with van der Waals surface area (Å²) in [7, 11) is 2.06. The van der Waals surface area contributed by atoms with Crippen LogP contribution in [0.2, 0.25) is 0 Å². The van der Waals surface area contributed by atoms with Crippen molar-refractivity contribution in [2.24, 2.45) is 24.8 Å². The highest BCUT2D eigenvalue weighted by Gasteiger charge is 2.34. The molecule has 0 saturated heterocycles. The van der Waals surface area contributed by atoms with Gasteiger partial charge in [0.05, 0.1) is 12.6 Å². The highest BCUT2D eigenvalue weighted by molar-refractivity contribution is 5.79. The number of ether oxygens (including phenoxy) is 1. The van der Waals surface area contributed by atoms with E-state index in [2.05, 4.69) is 61.2 Å². The third kappa shape index (κ3) is 4.00. The number of carbonyl (C=O) groups is 1. The van der Waals surface area contributed by atoms with Crippen molar-refractivity contribution in [3.8, 4) is 11.4 Å². The van der Waals surface area contributed by atoms with Crippen LogP contribution in [0.25, 0.3) is 22.4 Å². The molecule has 0 amide bonds. The summed E-state index contributed by atoms with van der Waals surface area (Å²) in [6, 6.07) is 18.5. The quantitative estimate of drug-likeness (QED) is 0.435. The molecule has 0 bridgehead atoms. The number of esters is 1. The average Bonchev–Trinajstić information content (AvgIpc) is 3.00. The largest absolute Gasteiger partial charge is 0.459 e. The molecular formula is C26H33N2O2+. The first-order valence-corrected chi connectivity index (χ1v) is 11.2. The van der Waals surface area contributed by atoms with E-state index in [1.165, 1.54) is 6.42 Å². The van der Waals surface area contributed by atoms with Gasteiger partial charge in [0.1, 0.15) is 6.10 Å². The van der Waals surface area contributed by atoms with Gasteiger partial charge < -0.3 is 4.74 Å². The van der Waals surface area contributed by atoms with Crippen molar-refractivity contribution in [1.82, 2.24) is 4.57 Å². The molecule has 1 aromatic heterocycles. The van der Waals surface area contributed by atoms with E-state index in [9.17, 15) is 4.79 Å². The first-order valence-electron chi connectivity index (χ1n) is 11.2. The summed E-state index contributed by atoms with van der Waals surface area (Å²) in [5, 5.41) is 0. The minimum absolute atomic E-state index is 0.0250. The summed E-state index contributed by atoms with van der Waals surface area (Å²) >= 11 is 0. The number of hydrogen-bond acceptors (Lipinski definition) is 2. The molecule has 4 heteroatoms. The SMILES string of the molecule is CC(C)[C@H]1CC[C@@H](C)C[C@H]1OC(=O)Cn1c(-c2ccccc2)[n+](C)c2ccccc21. The zero-order valence-corrected chi connectivity index (χ0v) is 18.5. The predicted molar refractivity (Wildman–Crippen MR) is 120 cm³/mol. The van der Waals surface area contributed by atoms with Crippen molar-refractivity contribution in [3.05, 3.63) is 54.6 Å². The normalized spacial score (nSPS) is 21.8. The lowest BCUT2D eigenvalue weighted by Crippen LogP contribution is -2.37. The predicted octanol–water partition coefficient (Wildman–Crippen LogP) is 5.14. The number of aryl methyl sites for hydroxylation is 1. The number of nitrogens with zero attached hydrogens (tertiary/aromatic N) is 2. The van der Waals surface area contributed by atoms with Crippen molar-refractivity contribution < 1.29 is 14.1 Å². The number of aromatic nitrogens is 2. The fraction of sp³-hybridized carbons (Fsp3) is 0.462. The van der Waals surface area contributed by atoms with Crippen LogP contribution in [0.4, 0.5) is 0 Å². The van der Waals surface area contributed by atoms with Crippen LogP contribution < -0.4 is 4.57 Å². The van der Waals surface area contributed by atoms with Crippen LogP contribution in [-0.2, 0) is 23.1 Å². The van der Waals surface area contributed by atoms with Gasteiger partial charge in [0.2, 0.25) is 0 Å². The van der Waals surface area contributed by atoms with Crippen LogP contribution in [0.1, 0.15) is 40.0 Å². The molecule has 158 valence electrons. The van der Waals surface area contributed by atoms with E-state index in [0.717, 1.165) is 35.3 Å². The Kier molecular flexibility index (Phi) is 5.94. The Balaban J connectivity index is 1.66. The van der Waals surface area contributed by atoms with Crippen molar-refractivity contribution in [3.63, 3.8) is 0 Å². The first kappa shape index (κ1) is 20.6.